The lowest BCUT2D eigenvalue weighted by Gasteiger charge is -2.23. The van der Waals surface area contributed by atoms with Gasteiger partial charge in [-0.1, -0.05) is 36.4 Å². The smallest absolute Gasteiger partial charge is 0.326 e. The number of hydrogen-bond acceptors (Lipinski definition) is 5. The van der Waals surface area contributed by atoms with Gasteiger partial charge in [0.1, 0.15) is 12.1 Å². The number of benzene rings is 2. The summed E-state index contributed by atoms with van der Waals surface area (Å²) in [5, 5.41) is 16.5. The molecule has 2 aromatic heterocycles. The zero-order chi connectivity index (χ0) is 27.2. The number of hydrogen-bond donors (Lipinski definition) is 7. The maximum Gasteiger partial charge on any atom is 0.326 e. The summed E-state index contributed by atoms with van der Waals surface area (Å²) in [5.41, 5.74) is 14.8. The quantitative estimate of drug-likeness (QED) is 0.146. The van der Waals surface area contributed by atoms with E-state index < -0.39 is 41.8 Å². The second-order valence-corrected chi connectivity index (χ2v) is 9.20. The van der Waals surface area contributed by atoms with Crippen molar-refractivity contribution >= 4 is 45.5 Å². The number of aromatic nitrogens is 2. The van der Waals surface area contributed by atoms with Crippen molar-refractivity contribution in [2.24, 2.45) is 11.5 Å². The lowest BCUT2D eigenvalue weighted by molar-refractivity contribution is -0.142. The number of aliphatic carboxylic acids is 1. The molecular weight excluding hydrogens is 488 g/mol. The Bertz CT molecular complexity index is 1470. The molecule has 4 rings (SSSR count). The van der Waals surface area contributed by atoms with Crippen LogP contribution in [0.5, 0.6) is 0 Å². The second kappa shape index (κ2) is 11.6. The number of carbonyl (C=O) groups excluding carboxylic acids is 3. The fraction of sp³-hybridized carbons (Fsp3) is 0.259. The van der Waals surface area contributed by atoms with Crippen molar-refractivity contribution in [1.29, 1.82) is 0 Å². The Kier molecular flexibility index (Phi) is 8.07. The maximum atomic E-state index is 13.3. The van der Waals surface area contributed by atoms with Crippen molar-refractivity contribution in [3.05, 3.63) is 72.1 Å². The van der Waals surface area contributed by atoms with Crippen LogP contribution in [0.2, 0.25) is 0 Å². The largest absolute Gasteiger partial charge is 0.480 e. The zero-order valence-corrected chi connectivity index (χ0v) is 20.6. The number of carbonyl (C=O) groups is 4. The molecule has 3 amide bonds. The first-order chi connectivity index (χ1) is 18.2. The number of H-pyrrole nitrogens is 2. The Balaban J connectivity index is 1.53. The molecule has 9 N–H and O–H groups in total. The molecule has 4 aromatic rings. The minimum Gasteiger partial charge on any atom is -0.480 e. The van der Waals surface area contributed by atoms with Gasteiger partial charge in [-0.3, -0.25) is 14.4 Å². The van der Waals surface area contributed by atoms with Crippen molar-refractivity contribution in [2.45, 2.75) is 43.8 Å². The maximum absolute atomic E-state index is 13.3. The SMILES string of the molecule is NC(=O)CCC(NC(=O)C(Cc1c[nH]c2ccccc12)NC(=O)C(N)Cc1c[nH]c2ccccc12)C(=O)O. The minimum atomic E-state index is -1.35. The van der Waals surface area contributed by atoms with Gasteiger partial charge in [0.05, 0.1) is 6.04 Å². The van der Waals surface area contributed by atoms with Gasteiger partial charge in [0.25, 0.3) is 0 Å². The number of fused-ring (bicyclic) bond motifs is 2. The molecule has 0 saturated carbocycles. The number of nitrogens with one attached hydrogen (secondary N) is 4. The Hall–Kier alpha value is -4.64. The molecule has 0 aliphatic carbocycles. The van der Waals surface area contributed by atoms with Gasteiger partial charge in [0, 0.05) is 47.0 Å². The second-order valence-electron chi connectivity index (χ2n) is 9.20. The molecule has 2 aromatic carbocycles. The van der Waals surface area contributed by atoms with Gasteiger partial charge in [-0.2, -0.15) is 0 Å². The minimum absolute atomic E-state index is 0.0869. The molecule has 11 nitrogen and oxygen atoms in total. The highest BCUT2D eigenvalue weighted by atomic mass is 16.4. The summed E-state index contributed by atoms with van der Waals surface area (Å²) in [6, 6.07) is 11.7. The molecule has 0 saturated heterocycles. The van der Waals surface area contributed by atoms with E-state index >= 15 is 0 Å². The summed E-state index contributed by atoms with van der Waals surface area (Å²) in [5.74, 6) is -3.26. The van der Waals surface area contributed by atoms with Crippen LogP contribution in [-0.2, 0) is 32.0 Å². The molecule has 11 heteroatoms. The van der Waals surface area contributed by atoms with Crippen LogP contribution in [0.4, 0.5) is 0 Å². The molecule has 0 bridgehead atoms. The van der Waals surface area contributed by atoms with Crippen LogP contribution in [0.1, 0.15) is 24.0 Å². The van der Waals surface area contributed by atoms with Crippen LogP contribution in [0.25, 0.3) is 21.8 Å². The van der Waals surface area contributed by atoms with Crippen LogP contribution >= 0.6 is 0 Å². The van der Waals surface area contributed by atoms with Crippen molar-refractivity contribution in [2.75, 3.05) is 0 Å². The van der Waals surface area contributed by atoms with Gasteiger partial charge in [0.15, 0.2) is 0 Å². The molecule has 0 aliphatic heterocycles. The first-order valence-corrected chi connectivity index (χ1v) is 12.2. The topological polar surface area (TPSA) is 196 Å². The van der Waals surface area contributed by atoms with E-state index in [1.807, 2.05) is 48.5 Å². The summed E-state index contributed by atoms with van der Waals surface area (Å²) in [6.07, 6.45) is 3.46. The highest BCUT2D eigenvalue weighted by Gasteiger charge is 2.29. The van der Waals surface area contributed by atoms with E-state index in [1.54, 1.807) is 12.4 Å². The fourth-order valence-electron chi connectivity index (χ4n) is 4.45. The van der Waals surface area contributed by atoms with Crippen molar-refractivity contribution in [3.63, 3.8) is 0 Å². The lowest BCUT2D eigenvalue weighted by atomic mass is 10.0. The average Bonchev–Trinajstić information content (AvgIpc) is 3.50. The number of carboxylic acids is 1. The van der Waals surface area contributed by atoms with Gasteiger partial charge < -0.3 is 37.2 Å². The van der Waals surface area contributed by atoms with Crippen molar-refractivity contribution in [1.82, 2.24) is 20.6 Å². The first kappa shape index (κ1) is 26.4. The number of nitrogens with two attached hydrogens (primary N) is 2. The fourth-order valence-corrected chi connectivity index (χ4v) is 4.45. The molecule has 0 radical (unpaired) electrons. The van der Waals surface area contributed by atoms with E-state index in [4.69, 9.17) is 11.5 Å². The summed E-state index contributed by atoms with van der Waals surface area (Å²) in [7, 11) is 0. The van der Waals surface area contributed by atoms with Gasteiger partial charge >= 0.3 is 5.97 Å². The highest BCUT2D eigenvalue weighted by Crippen LogP contribution is 2.21. The third-order valence-electron chi connectivity index (χ3n) is 6.48. The van der Waals surface area contributed by atoms with Crippen LogP contribution < -0.4 is 22.1 Å². The molecule has 3 unspecified atom stereocenters. The normalized spacial score (nSPS) is 13.6. The van der Waals surface area contributed by atoms with Crippen LogP contribution in [0.15, 0.2) is 60.9 Å². The third kappa shape index (κ3) is 6.19. The number of carboxylic acid groups (broad SMARTS) is 1. The Morgan fingerprint density at radius 2 is 1.32 bits per heavy atom. The van der Waals surface area contributed by atoms with E-state index in [0.29, 0.717) is 0 Å². The van der Waals surface area contributed by atoms with Crippen LogP contribution in [0.3, 0.4) is 0 Å². The molecule has 0 spiro atoms. The van der Waals surface area contributed by atoms with Crippen LogP contribution in [-0.4, -0.2) is 56.9 Å². The van der Waals surface area contributed by atoms with Crippen molar-refractivity contribution < 1.29 is 24.3 Å². The first-order valence-electron chi connectivity index (χ1n) is 12.2. The highest BCUT2D eigenvalue weighted by molar-refractivity contribution is 5.93. The lowest BCUT2D eigenvalue weighted by Crippen LogP contribution is -2.55. The number of aromatic amines is 2. The zero-order valence-electron chi connectivity index (χ0n) is 20.6. The van der Waals surface area contributed by atoms with E-state index in [9.17, 15) is 24.3 Å². The molecule has 2 heterocycles. The van der Waals surface area contributed by atoms with Gasteiger partial charge in [-0.25, -0.2) is 4.79 Å². The third-order valence-corrected chi connectivity index (χ3v) is 6.48. The summed E-state index contributed by atoms with van der Waals surface area (Å²) in [6.45, 7) is 0. The summed E-state index contributed by atoms with van der Waals surface area (Å²) >= 11 is 0. The number of amides is 3. The average molecular weight is 519 g/mol. The van der Waals surface area contributed by atoms with E-state index in [0.717, 1.165) is 32.9 Å². The molecular formula is C27H30N6O5. The molecule has 0 fully saturated rings. The summed E-state index contributed by atoms with van der Waals surface area (Å²) < 4.78 is 0. The standard InChI is InChI=1S/C27H30N6O5/c28-19(11-15-13-30-20-7-3-1-5-17(15)20)25(35)33-23(12-16-14-31-21-8-4-2-6-18(16)21)26(36)32-22(27(37)38)9-10-24(29)34/h1-8,13-14,19,22-23,30-31H,9-12,28H2,(H2,29,34)(H,32,36)(H,33,35)(H,37,38). The predicted octanol–water partition coefficient (Wildman–Crippen LogP) is 1.08. The van der Waals surface area contributed by atoms with Gasteiger partial charge in [0.2, 0.25) is 17.7 Å². The number of rotatable bonds is 12. The molecule has 0 aliphatic rings. The summed E-state index contributed by atoms with van der Waals surface area (Å²) in [4.78, 5) is 55.5. The monoisotopic (exact) mass is 518 g/mol. The number of primary amides is 1. The number of para-hydroxylation sites is 2. The van der Waals surface area contributed by atoms with Crippen LogP contribution in [0, 0.1) is 0 Å². The Morgan fingerprint density at radius 1 is 0.789 bits per heavy atom. The molecule has 38 heavy (non-hydrogen) atoms. The molecule has 198 valence electrons. The van der Waals surface area contributed by atoms with Gasteiger partial charge in [-0.05, 0) is 36.1 Å². The molecule has 3 atom stereocenters. The van der Waals surface area contributed by atoms with E-state index in [2.05, 4.69) is 20.6 Å². The van der Waals surface area contributed by atoms with E-state index in [1.165, 1.54) is 0 Å². The van der Waals surface area contributed by atoms with E-state index in [-0.39, 0.29) is 25.7 Å². The Morgan fingerprint density at radius 3 is 1.87 bits per heavy atom. The van der Waals surface area contributed by atoms with Crippen molar-refractivity contribution in [3.8, 4) is 0 Å². The van der Waals surface area contributed by atoms with Gasteiger partial charge in [-0.15, -0.1) is 0 Å². The Labute approximate surface area is 218 Å². The predicted molar refractivity (Wildman–Crippen MR) is 142 cm³/mol.